The van der Waals surface area contributed by atoms with Crippen molar-refractivity contribution in [2.45, 2.75) is 20.1 Å². The normalized spacial score (nSPS) is 10.8. The molecule has 8 nitrogen and oxygen atoms in total. The predicted molar refractivity (Wildman–Crippen MR) is 72.8 cm³/mol. The Morgan fingerprint density at radius 1 is 1.50 bits per heavy atom. The molecule has 0 fully saturated rings. The van der Waals surface area contributed by atoms with Crippen molar-refractivity contribution < 1.29 is 18.4 Å². The minimum atomic E-state index is -2.91. The van der Waals surface area contributed by atoms with Crippen LogP contribution in [0.4, 0.5) is 20.3 Å². The molecular formula is C12H13F2N5O3. The van der Waals surface area contributed by atoms with Crippen molar-refractivity contribution in [3.63, 3.8) is 0 Å². The number of pyridine rings is 1. The molecule has 2 aromatic heterocycles. The number of anilines is 1. The highest BCUT2D eigenvalue weighted by Crippen LogP contribution is 2.27. The number of ether oxygens (including phenoxy) is 1. The molecule has 2 aromatic rings. The zero-order valence-corrected chi connectivity index (χ0v) is 11.8. The van der Waals surface area contributed by atoms with Crippen LogP contribution in [-0.4, -0.2) is 26.3 Å². The van der Waals surface area contributed by atoms with Gasteiger partial charge in [-0.2, -0.15) is 13.9 Å². The first kappa shape index (κ1) is 15.6. The molecule has 0 aromatic carbocycles. The highest BCUT2D eigenvalue weighted by Gasteiger charge is 2.23. The average Bonchev–Trinajstić information content (AvgIpc) is 2.71. The van der Waals surface area contributed by atoms with Crippen molar-refractivity contribution in [3.8, 4) is 5.75 Å². The van der Waals surface area contributed by atoms with Crippen LogP contribution in [0.3, 0.4) is 0 Å². The predicted octanol–water partition coefficient (Wildman–Crippen LogP) is 2.25. The molecule has 2 heterocycles. The van der Waals surface area contributed by atoms with Gasteiger partial charge in [-0.15, -0.1) is 0 Å². The number of nitro groups is 1. The fourth-order valence-electron chi connectivity index (χ4n) is 1.93. The first-order chi connectivity index (χ1) is 10.4. The Balaban J connectivity index is 2.09. The van der Waals surface area contributed by atoms with Gasteiger partial charge in [-0.25, -0.2) is 4.68 Å². The minimum Gasteiger partial charge on any atom is -0.433 e. The van der Waals surface area contributed by atoms with Crippen molar-refractivity contribution >= 4 is 11.5 Å². The molecular weight excluding hydrogens is 300 g/mol. The van der Waals surface area contributed by atoms with Gasteiger partial charge in [0.05, 0.1) is 23.4 Å². The lowest BCUT2D eigenvalue weighted by molar-refractivity contribution is -0.384. The second-order valence-corrected chi connectivity index (χ2v) is 4.38. The van der Waals surface area contributed by atoms with Gasteiger partial charge < -0.3 is 10.1 Å². The standard InChI is InChI=1S/C12H13F2N5O3/c1-7-10(19(20)21)11(18(2)17-7)16-5-8-3-4-9(6-15-8)22-12(13)14/h3-4,6,12,16H,5H2,1-2H3. The summed E-state index contributed by atoms with van der Waals surface area (Å²) in [5, 5.41) is 17.9. The largest absolute Gasteiger partial charge is 0.433 e. The Morgan fingerprint density at radius 2 is 2.23 bits per heavy atom. The van der Waals surface area contributed by atoms with Crippen LogP contribution in [0, 0.1) is 17.0 Å². The lowest BCUT2D eigenvalue weighted by Gasteiger charge is -2.07. The molecule has 1 N–H and O–H groups in total. The minimum absolute atomic E-state index is 0.0545. The van der Waals surface area contributed by atoms with Crippen LogP contribution in [0.5, 0.6) is 5.75 Å². The van der Waals surface area contributed by atoms with Gasteiger partial charge in [0.2, 0.25) is 5.82 Å². The third-order valence-corrected chi connectivity index (χ3v) is 2.83. The highest BCUT2D eigenvalue weighted by molar-refractivity contribution is 5.59. The van der Waals surface area contributed by atoms with Crippen molar-refractivity contribution in [2.24, 2.45) is 7.05 Å². The zero-order chi connectivity index (χ0) is 16.3. The number of alkyl halides is 2. The average molecular weight is 313 g/mol. The number of hydrogen-bond acceptors (Lipinski definition) is 6. The van der Waals surface area contributed by atoms with E-state index in [0.29, 0.717) is 11.4 Å². The van der Waals surface area contributed by atoms with Gasteiger partial charge in [0.1, 0.15) is 11.4 Å². The summed E-state index contributed by atoms with van der Waals surface area (Å²) in [6.07, 6.45) is 1.16. The van der Waals surface area contributed by atoms with Crippen molar-refractivity contribution in [1.82, 2.24) is 14.8 Å². The molecule has 118 valence electrons. The van der Waals surface area contributed by atoms with E-state index < -0.39 is 11.5 Å². The Morgan fingerprint density at radius 3 is 2.77 bits per heavy atom. The Kier molecular flexibility index (Phi) is 4.49. The van der Waals surface area contributed by atoms with E-state index in [2.05, 4.69) is 20.1 Å². The first-order valence-corrected chi connectivity index (χ1v) is 6.20. The number of aromatic nitrogens is 3. The summed E-state index contributed by atoms with van der Waals surface area (Å²) in [6.45, 7) is -1.20. The van der Waals surface area contributed by atoms with E-state index in [1.807, 2.05) is 0 Å². The number of rotatable bonds is 6. The van der Waals surface area contributed by atoms with Crippen LogP contribution in [0.25, 0.3) is 0 Å². The smallest absolute Gasteiger partial charge is 0.387 e. The van der Waals surface area contributed by atoms with Gasteiger partial charge in [0.15, 0.2) is 0 Å². The van der Waals surface area contributed by atoms with E-state index in [-0.39, 0.29) is 23.8 Å². The van der Waals surface area contributed by atoms with E-state index >= 15 is 0 Å². The second-order valence-electron chi connectivity index (χ2n) is 4.38. The van der Waals surface area contributed by atoms with Gasteiger partial charge in [-0.05, 0) is 19.1 Å². The third kappa shape index (κ3) is 3.45. The maximum absolute atomic E-state index is 12.0. The van der Waals surface area contributed by atoms with Crippen molar-refractivity contribution in [2.75, 3.05) is 5.32 Å². The first-order valence-electron chi connectivity index (χ1n) is 6.20. The molecule has 0 aliphatic rings. The maximum Gasteiger partial charge on any atom is 0.387 e. The molecule has 0 saturated heterocycles. The summed E-state index contributed by atoms with van der Waals surface area (Å²) in [6, 6.07) is 2.83. The Labute approximate surface area is 123 Å². The summed E-state index contributed by atoms with van der Waals surface area (Å²) < 4.78 is 29.6. The molecule has 0 bridgehead atoms. The number of halogens is 2. The van der Waals surface area contributed by atoms with Crippen LogP contribution >= 0.6 is 0 Å². The molecule has 0 atom stereocenters. The Bertz CT molecular complexity index is 672. The Hall–Kier alpha value is -2.78. The van der Waals surface area contributed by atoms with Crippen LogP contribution in [0.1, 0.15) is 11.4 Å². The second kappa shape index (κ2) is 6.33. The van der Waals surface area contributed by atoms with Crippen LogP contribution in [0.15, 0.2) is 18.3 Å². The van der Waals surface area contributed by atoms with Crippen LogP contribution in [0.2, 0.25) is 0 Å². The lowest BCUT2D eigenvalue weighted by atomic mass is 10.3. The summed E-state index contributed by atoms with van der Waals surface area (Å²) in [7, 11) is 1.58. The maximum atomic E-state index is 12.0. The number of nitrogens with zero attached hydrogens (tertiary/aromatic N) is 4. The summed E-state index contributed by atoms with van der Waals surface area (Å²) >= 11 is 0. The molecule has 0 aliphatic heterocycles. The van der Waals surface area contributed by atoms with Crippen molar-refractivity contribution in [3.05, 3.63) is 39.8 Å². The molecule has 2 rings (SSSR count). The summed E-state index contributed by atoms with van der Waals surface area (Å²) in [4.78, 5) is 14.4. The monoisotopic (exact) mass is 313 g/mol. The molecule has 22 heavy (non-hydrogen) atoms. The van der Waals surface area contributed by atoms with Crippen LogP contribution < -0.4 is 10.1 Å². The van der Waals surface area contributed by atoms with Gasteiger partial charge >= 0.3 is 12.3 Å². The topological polar surface area (TPSA) is 95.1 Å². The molecule has 0 radical (unpaired) electrons. The fraction of sp³-hybridized carbons (Fsp3) is 0.333. The van der Waals surface area contributed by atoms with Gasteiger partial charge in [0, 0.05) is 7.05 Å². The molecule has 10 heteroatoms. The molecule has 0 aliphatic carbocycles. The summed E-state index contributed by atoms with van der Waals surface area (Å²) in [5.74, 6) is 0.193. The van der Waals surface area contributed by atoms with Crippen molar-refractivity contribution in [1.29, 1.82) is 0 Å². The van der Waals surface area contributed by atoms with E-state index in [0.717, 1.165) is 6.20 Å². The molecule has 0 amide bonds. The fourth-order valence-corrected chi connectivity index (χ4v) is 1.93. The van der Waals surface area contributed by atoms with E-state index in [9.17, 15) is 18.9 Å². The quantitative estimate of drug-likeness (QED) is 0.649. The van der Waals surface area contributed by atoms with E-state index in [1.165, 1.54) is 23.7 Å². The number of nitrogens with one attached hydrogen (secondary N) is 1. The lowest BCUT2D eigenvalue weighted by Crippen LogP contribution is -2.08. The third-order valence-electron chi connectivity index (χ3n) is 2.83. The van der Waals surface area contributed by atoms with Gasteiger partial charge in [-0.3, -0.25) is 15.1 Å². The number of aryl methyl sites for hydroxylation is 2. The zero-order valence-electron chi connectivity index (χ0n) is 11.8. The molecule has 0 spiro atoms. The van der Waals surface area contributed by atoms with Crippen LogP contribution in [-0.2, 0) is 13.6 Å². The van der Waals surface area contributed by atoms with Gasteiger partial charge in [-0.1, -0.05) is 0 Å². The molecule has 0 unspecified atom stereocenters. The SMILES string of the molecule is Cc1nn(C)c(NCc2ccc(OC(F)F)cn2)c1[N+](=O)[O-]. The number of hydrogen-bond donors (Lipinski definition) is 1. The molecule has 0 saturated carbocycles. The summed E-state index contributed by atoms with van der Waals surface area (Å²) in [5.41, 5.74) is 0.693. The highest BCUT2D eigenvalue weighted by atomic mass is 19.3. The van der Waals surface area contributed by atoms with E-state index in [1.54, 1.807) is 7.05 Å². The van der Waals surface area contributed by atoms with E-state index in [4.69, 9.17) is 0 Å². The van der Waals surface area contributed by atoms with Gasteiger partial charge in [0.25, 0.3) is 0 Å².